The van der Waals surface area contributed by atoms with E-state index in [-0.39, 0.29) is 12.1 Å². The molecule has 1 rings (SSSR count). The van der Waals surface area contributed by atoms with E-state index in [1.807, 2.05) is 19.1 Å². The average molecular weight is 207 g/mol. The van der Waals surface area contributed by atoms with Crippen molar-refractivity contribution in [1.29, 1.82) is 0 Å². The van der Waals surface area contributed by atoms with Crippen molar-refractivity contribution in [3.05, 3.63) is 24.4 Å². The Kier molecular flexibility index (Phi) is 4.60. The molecule has 0 fully saturated rings. The van der Waals surface area contributed by atoms with Gasteiger partial charge in [0, 0.05) is 12.2 Å². The molecule has 1 atom stereocenters. The zero-order valence-corrected chi connectivity index (χ0v) is 9.16. The molecule has 1 unspecified atom stereocenters. The van der Waals surface area contributed by atoms with Crippen LogP contribution in [0.5, 0.6) is 0 Å². The van der Waals surface area contributed by atoms with E-state index in [1.165, 1.54) is 0 Å². The van der Waals surface area contributed by atoms with Gasteiger partial charge in [-0.05, 0) is 25.5 Å². The van der Waals surface area contributed by atoms with Crippen molar-refractivity contribution < 1.29 is 4.79 Å². The zero-order valence-electron chi connectivity index (χ0n) is 9.16. The second-order valence-corrected chi connectivity index (χ2v) is 3.50. The summed E-state index contributed by atoms with van der Waals surface area (Å²) in [6, 6.07) is 5.39. The van der Waals surface area contributed by atoms with Crippen LogP contribution in [-0.4, -0.2) is 17.1 Å². The van der Waals surface area contributed by atoms with Gasteiger partial charge in [0.05, 0.1) is 0 Å². The van der Waals surface area contributed by atoms with Crippen molar-refractivity contribution in [2.75, 3.05) is 5.32 Å². The maximum atomic E-state index is 11.4. The second kappa shape index (κ2) is 6.01. The Hall–Kier alpha value is -1.58. The molecule has 82 valence electrons. The van der Waals surface area contributed by atoms with Crippen molar-refractivity contribution >= 4 is 11.8 Å². The minimum atomic E-state index is -0.199. The van der Waals surface area contributed by atoms with Crippen LogP contribution < -0.4 is 10.6 Å². The highest BCUT2D eigenvalue weighted by Crippen LogP contribution is 2.00. The van der Waals surface area contributed by atoms with Crippen molar-refractivity contribution in [2.24, 2.45) is 0 Å². The Morgan fingerprint density at radius 1 is 1.53 bits per heavy atom. The topological polar surface area (TPSA) is 54.0 Å². The number of carbonyl (C=O) groups excluding carboxylic acids is 1. The standard InChI is InChI=1S/C11H17N3O/c1-3-6-9(2)13-11(15)14-10-7-4-5-8-12-10/h4-5,7-9H,3,6H2,1-2H3,(H2,12,13,14,15). The Balaban J connectivity index is 2.36. The number of rotatable bonds is 4. The van der Waals surface area contributed by atoms with Gasteiger partial charge in [0.2, 0.25) is 0 Å². The smallest absolute Gasteiger partial charge is 0.320 e. The van der Waals surface area contributed by atoms with Gasteiger partial charge < -0.3 is 5.32 Å². The monoisotopic (exact) mass is 207 g/mol. The Labute approximate surface area is 90.1 Å². The fraction of sp³-hybridized carbons (Fsp3) is 0.455. The van der Waals surface area contributed by atoms with Crippen LogP contribution in [0.4, 0.5) is 10.6 Å². The summed E-state index contributed by atoms with van der Waals surface area (Å²) in [6.07, 6.45) is 3.69. The number of nitrogens with zero attached hydrogens (tertiary/aromatic N) is 1. The fourth-order valence-electron chi connectivity index (χ4n) is 1.32. The van der Waals surface area contributed by atoms with Crippen LogP contribution in [0.25, 0.3) is 0 Å². The van der Waals surface area contributed by atoms with Crippen LogP contribution in [0.15, 0.2) is 24.4 Å². The van der Waals surface area contributed by atoms with Gasteiger partial charge in [0.15, 0.2) is 0 Å². The molecule has 0 radical (unpaired) electrons. The number of urea groups is 1. The van der Waals surface area contributed by atoms with Gasteiger partial charge in [-0.25, -0.2) is 9.78 Å². The summed E-state index contributed by atoms with van der Waals surface area (Å²) in [6.45, 7) is 4.08. The third kappa shape index (κ3) is 4.44. The molecular formula is C11H17N3O. The van der Waals surface area contributed by atoms with Gasteiger partial charge in [-0.1, -0.05) is 19.4 Å². The molecule has 0 saturated carbocycles. The minimum Gasteiger partial charge on any atom is -0.335 e. The largest absolute Gasteiger partial charge is 0.335 e. The van der Waals surface area contributed by atoms with Gasteiger partial charge >= 0.3 is 6.03 Å². The number of aromatic nitrogens is 1. The third-order valence-corrected chi connectivity index (χ3v) is 2.01. The lowest BCUT2D eigenvalue weighted by Gasteiger charge is -2.12. The van der Waals surface area contributed by atoms with E-state index in [9.17, 15) is 4.79 Å². The molecule has 0 aliphatic rings. The van der Waals surface area contributed by atoms with E-state index in [4.69, 9.17) is 0 Å². The lowest BCUT2D eigenvalue weighted by Crippen LogP contribution is -2.36. The van der Waals surface area contributed by atoms with Crippen LogP contribution in [0.3, 0.4) is 0 Å². The van der Waals surface area contributed by atoms with Gasteiger partial charge in [-0.2, -0.15) is 0 Å². The third-order valence-electron chi connectivity index (χ3n) is 2.01. The van der Waals surface area contributed by atoms with Gasteiger partial charge in [0.25, 0.3) is 0 Å². The second-order valence-electron chi connectivity index (χ2n) is 3.50. The Bertz CT molecular complexity index is 300. The first-order valence-corrected chi connectivity index (χ1v) is 5.21. The van der Waals surface area contributed by atoms with E-state index < -0.39 is 0 Å². The summed E-state index contributed by atoms with van der Waals surface area (Å²) in [5.74, 6) is 0.568. The summed E-state index contributed by atoms with van der Waals surface area (Å²) in [7, 11) is 0. The summed E-state index contributed by atoms with van der Waals surface area (Å²) in [4.78, 5) is 15.4. The molecule has 2 amide bonds. The summed E-state index contributed by atoms with van der Waals surface area (Å²) in [5, 5.41) is 5.51. The molecule has 0 aliphatic carbocycles. The predicted molar refractivity (Wildman–Crippen MR) is 60.8 cm³/mol. The molecule has 0 spiro atoms. The van der Waals surface area contributed by atoms with Crippen LogP contribution in [-0.2, 0) is 0 Å². The molecule has 1 heterocycles. The minimum absolute atomic E-state index is 0.193. The average Bonchev–Trinajstić information content (AvgIpc) is 2.19. The first-order valence-electron chi connectivity index (χ1n) is 5.21. The van der Waals surface area contributed by atoms with E-state index in [2.05, 4.69) is 22.5 Å². The summed E-state index contributed by atoms with van der Waals surface area (Å²) < 4.78 is 0. The molecule has 15 heavy (non-hydrogen) atoms. The van der Waals surface area contributed by atoms with Crippen LogP contribution in [0.2, 0.25) is 0 Å². The molecule has 4 nitrogen and oxygen atoms in total. The number of carbonyl (C=O) groups is 1. The molecule has 1 aromatic rings. The molecular weight excluding hydrogens is 190 g/mol. The normalized spacial score (nSPS) is 11.9. The number of amides is 2. The van der Waals surface area contributed by atoms with E-state index >= 15 is 0 Å². The summed E-state index contributed by atoms with van der Waals surface area (Å²) >= 11 is 0. The van der Waals surface area contributed by atoms with Crippen molar-refractivity contribution in [3.8, 4) is 0 Å². The number of nitrogens with one attached hydrogen (secondary N) is 2. The van der Waals surface area contributed by atoms with Gasteiger partial charge in [-0.15, -0.1) is 0 Å². The summed E-state index contributed by atoms with van der Waals surface area (Å²) in [5.41, 5.74) is 0. The predicted octanol–water partition coefficient (Wildman–Crippen LogP) is 2.39. The van der Waals surface area contributed by atoms with Gasteiger partial charge in [0.1, 0.15) is 5.82 Å². The van der Waals surface area contributed by atoms with Crippen LogP contribution in [0.1, 0.15) is 26.7 Å². The highest BCUT2D eigenvalue weighted by molar-refractivity contribution is 5.88. The first-order chi connectivity index (χ1) is 7.22. The number of hydrogen-bond donors (Lipinski definition) is 2. The van der Waals surface area contributed by atoms with E-state index in [1.54, 1.807) is 12.3 Å². The maximum absolute atomic E-state index is 11.4. The molecule has 1 aromatic heterocycles. The lowest BCUT2D eigenvalue weighted by atomic mass is 10.2. The molecule has 0 aliphatic heterocycles. The molecule has 0 aromatic carbocycles. The molecule has 2 N–H and O–H groups in total. The highest BCUT2D eigenvalue weighted by atomic mass is 16.2. The van der Waals surface area contributed by atoms with Crippen molar-refractivity contribution in [1.82, 2.24) is 10.3 Å². The highest BCUT2D eigenvalue weighted by Gasteiger charge is 2.05. The van der Waals surface area contributed by atoms with Crippen LogP contribution >= 0.6 is 0 Å². The fourth-order valence-corrected chi connectivity index (χ4v) is 1.32. The van der Waals surface area contributed by atoms with E-state index in [0.29, 0.717) is 5.82 Å². The maximum Gasteiger partial charge on any atom is 0.320 e. The Morgan fingerprint density at radius 2 is 2.33 bits per heavy atom. The number of hydrogen-bond acceptors (Lipinski definition) is 2. The first kappa shape index (κ1) is 11.5. The SMILES string of the molecule is CCCC(C)NC(=O)Nc1ccccn1. The Morgan fingerprint density at radius 3 is 2.93 bits per heavy atom. The zero-order chi connectivity index (χ0) is 11.1. The molecule has 0 saturated heterocycles. The van der Waals surface area contributed by atoms with Gasteiger partial charge in [-0.3, -0.25) is 5.32 Å². The van der Waals surface area contributed by atoms with Crippen molar-refractivity contribution in [2.45, 2.75) is 32.7 Å². The van der Waals surface area contributed by atoms with E-state index in [0.717, 1.165) is 12.8 Å². The van der Waals surface area contributed by atoms with Crippen molar-refractivity contribution in [3.63, 3.8) is 0 Å². The quantitative estimate of drug-likeness (QED) is 0.796. The lowest BCUT2D eigenvalue weighted by molar-refractivity contribution is 0.248. The number of pyridine rings is 1. The number of anilines is 1. The molecule has 4 heteroatoms. The molecule has 0 bridgehead atoms. The van der Waals surface area contributed by atoms with Crippen LogP contribution in [0, 0.1) is 0 Å².